The van der Waals surface area contributed by atoms with Crippen molar-refractivity contribution in [1.29, 1.82) is 0 Å². The van der Waals surface area contributed by atoms with Crippen LogP contribution < -0.4 is 16.3 Å². The first-order chi connectivity index (χ1) is 10.7. The largest absolute Gasteiger partial charge is 0.465 e. The zero-order valence-corrected chi connectivity index (χ0v) is 14.4. The zero-order valence-electron chi connectivity index (χ0n) is 13.4. The highest BCUT2D eigenvalue weighted by molar-refractivity contribution is 7.55. The van der Waals surface area contributed by atoms with Crippen LogP contribution in [0.15, 0.2) is 48.5 Å². The molecular weight excluding hydrogens is 293 g/mol. The summed E-state index contributed by atoms with van der Waals surface area (Å²) in [5.41, 5.74) is 7.29. The molecule has 0 radical (unpaired) electrons. The summed E-state index contributed by atoms with van der Waals surface area (Å²) in [5.74, 6) is -0.304. The monoisotopic (exact) mass is 317 g/mol. The van der Waals surface area contributed by atoms with E-state index in [0.717, 1.165) is 10.9 Å². The van der Waals surface area contributed by atoms with Crippen molar-refractivity contribution in [1.82, 2.24) is 0 Å². The van der Waals surface area contributed by atoms with E-state index in [-0.39, 0.29) is 5.97 Å². The van der Waals surface area contributed by atoms with E-state index in [1.807, 2.05) is 30.3 Å². The van der Waals surface area contributed by atoms with Crippen LogP contribution in [0.5, 0.6) is 0 Å². The SMILES string of the molecule is CCC.COC(=O)c1ccc(CN)cc1Pc1ccccc1. The molecule has 4 heteroatoms. The fourth-order valence-electron chi connectivity index (χ4n) is 1.79. The number of rotatable bonds is 4. The lowest BCUT2D eigenvalue weighted by atomic mass is 10.1. The Bertz CT molecular complexity index is 585. The average molecular weight is 317 g/mol. The van der Waals surface area contributed by atoms with Gasteiger partial charge in [-0.3, -0.25) is 0 Å². The average Bonchev–Trinajstić information content (AvgIpc) is 2.55. The van der Waals surface area contributed by atoms with Crippen LogP contribution in [0.25, 0.3) is 0 Å². The molecule has 0 aliphatic heterocycles. The van der Waals surface area contributed by atoms with E-state index in [1.54, 1.807) is 6.07 Å². The van der Waals surface area contributed by atoms with Gasteiger partial charge in [-0.2, -0.15) is 0 Å². The number of hydrogen-bond donors (Lipinski definition) is 1. The van der Waals surface area contributed by atoms with Gasteiger partial charge in [0.05, 0.1) is 12.7 Å². The summed E-state index contributed by atoms with van der Waals surface area (Å²) in [4.78, 5) is 11.8. The van der Waals surface area contributed by atoms with Crippen molar-refractivity contribution >= 4 is 25.2 Å². The molecule has 1 unspecified atom stereocenters. The number of benzene rings is 2. The Morgan fingerprint density at radius 1 is 1.14 bits per heavy atom. The van der Waals surface area contributed by atoms with Crippen LogP contribution in [-0.2, 0) is 11.3 Å². The maximum atomic E-state index is 11.8. The van der Waals surface area contributed by atoms with Gasteiger partial charge in [0.25, 0.3) is 0 Å². The van der Waals surface area contributed by atoms with E-state index in [1.165, 1.54) is 18.8 Å². The van der Waals surface area contributed by atoms with Gasteiger partial charge in [-0.15, -0.1) is 0 Å². The number of carbonyl (C=O) groups excluding carboxylic acids is 1. The maximum Gasteiger partial charge on any atom is 0.338 e. The molecule has 3 nitrogen and oxygen atoms in total. The van der Waals surface area contributed by atoms with Crippen LogP contribution >= 0.6 is 8.58 Å². The molecule has 22 heavy (non-hydrogen) atoms. The molecule has 0 saturated carbocycles. The van der Waals surface area contributed by atoms with Crippen LogP contribution in [0.2, 0.25) is 0 Å². The maximum absolute atomic E-state index is 11.8. The number of carbonyl (C=O) groups is 1. The van der Waals surface area contributed by atoms with Gasteiger partial charge >= 0.3 is 5.97 Å². The minimum Gasteiger partial charge on any atom is -0.465 e. The number of methoxy groups -OCH3 is 1. The molecular formula is C18H24NO2P. The summed E-state index contributed by atoms with van der Waals surface area (Å²) in [6.07, 6.45) is 1.25. The van der Waals surface area contributed by atoms with E-state index < -0.39 is 0 Å². The van der Waals surface area contributed by atoms with E-state index in [4.69, 9.17) is 10.5 Å². The zero-order chi connectivity index (χ0) is 16.4. The fraction of sp³-hybridized carbons (Fsp3) is 0.278. The standard InChI is InChI=1S/C15H16NO2P.C3H8/c1-18-15(17)13-8-7-11(10-16)9-14(13)19-12-5-3-2-4-6-12;1-3-2/h2-9,19H,10,16H2,1H3;3H2,1-2H3. The normalized spacial score (nSPS) is 10.2. The summed E-state index contributed by atoms with van der Waals surface area (Å²) in [6, 6.07) is 15.7. The molecule has 2 rings (SSSR count). The molecule has 0 aliphatic rings. The van der Waals surface area contributed by atoms with Crippen molar-refractivity contribution in [2.75, 3.05) is 7.11 Å². The van der Waals surface area contributed by atoms with Crippen molar-refractivity contribution in [3.8, 4) is 0 Å². The van der Waals surface area contributed by atoms with Gasteiger partial charge in [-0.05, 0) is 28.3 Å². The third-order valence-corrected chi connectivity index (χ3v) is 4.08. The second-order valence-electron chi connectivity index (χ2n) is 4.77. The summed E-state index contributed by atoms with van der Waals surface area (Å²) in [6.45, 7) is 4.72. The molecule has 0 fully saturated rings. The van der Waals surface area contributed by atoms with Crippen LogP contribution in [-0.4, -0.2) is 13.1 Å². The molecule has 0 aromatic heterocycles. The van der Waals surface area contributed by atoms with E-state index >= 15 is 0 Å². The van der Waals surface area contributed by atoms with Gasteiger partial charge in [0.2, 0.25) is 0 Å². The molecule has 0 heterocycles. The van der Waals surface area contributed by atoms with Gasteiger partial charge in [0.1, 0.15) is 0 Å². The first-order valence-corrected chi connectivity index (χ1v) is 8.39. The van der Waals surface area contributed by atoms with Gasteiger partial charge in [-0.25, -0.2) is 4.79 Å². The Hall–Kier alpha value is -1.70. The Labute approximate surface area is 134 Å². The lowest BCUT2D eigenvalue weighted by Gasteiger charge is -2.10. The number of hydrogen-bond acceptors (Lipinski definition) is 3. The van der Waals surface area contributed by atoms with Crippen LogP contribution in [0.3, 0.4) is 0 Å². The lowest BCUT2D eigenvalue weighted by molar-refractivity contribution is 0.0602. The Morgan fingerprint density at radius 2 is 1.77 bits per heavy atom. The van der Waals surface area contributed by atoms with E-state index in [9.17, 15) is 4.79 Å². The van der Waals surface area contributed by atoms with Crippen molar-refractivity contribution < 1.29 is 9.53 Å². The molecule has 2 N–H and O–H groups in total. The van der Waals surface area contributed by atoms with Crippen LogP contribution in [0, 0.1) is 0 Å². The molecule has 0 bridgehead atoms. The Kier molecular flexibility index (Phi) is 8.42. The number of ether oxygens (including phenoxy) is 1. The van der Waals surface area contributed by atoms with Crippen molar-refractivity contribution in [3.05, 3.63) is 59.7 Å². The second kappa shape index (κ2) is 10.1. The van der Waals surface area contributed by atoms with Crippen molar-refractivity contribution in [2.24, 2.45) is 5.73 Å². The minimum atomic E-state index is -0.304. The summed E-state index contributed by atoms with van der Waals surface area (Å²) in [5, 5.41) is 2.16. The Balaban J connectivity index is 0.000000745. The molecule has 0 spiro atoms. The highest BCUT2D eigenvalue weighted by atomic mass is 31.1. The minimum absolute atomic E-state index is 0.304. The molecule has 0 aliphatic carbocycles. The van der Waals surface area contributed by atoms with Crippen molar-refractivity contribution in [3.63, 3.8) is 0 Å². The lowest BCUT2D eigenvalue weighted by Crippen LogP contribution is -2.16. The van der Waals surface area contributed by atoms with E-state index in [0.29, 0.717) is 20.7 Å². The predicted molar refractivity (Wildman–Crippen MR) is 95.7 cm³/mol. The van der Waals surface area contributed by atoms with Crippen molar-refractivity contribution in [2.45, 2.75) is 26.8 Å². The summed E-state index contributed by atoms with van der Waals surface area (Å²) in [7, 11) is 1.81. The number of nitrogens with two attached hydrogens (primary N) is 1. The predicted octanol–water partition coefficient (Wildman–Crippen LogP) is 2.98. The highest BCUT2D eigenvalue weighted by Gasteiger charge is 2.12. The fourth-order valence-corrected chi connectivity index (χ4v) is 3.03. The second-order valence-corrected chi connectivity index (χ2v) is 6.14. The first-order valence-electron chi connectivity index (χ1n) is 7.39. The van der Waals surface area contributed by atoms with Crippen LogP contribution in [0.4, 0.5) is 0 Å². The highest BCUT2D eigenvalue weighted by Crippen LogP contribution is 2.16. The van der Waals surface area contributed by atoms with Crippen LogP contribution in [0.1, 0.15) is 36.2 Å². The first kappa shape index (κ1) is 18.3. The van der Waals surface area contributed by atoms with Gasteiger partial charge in [0, 0.05) is 6.54 Å². The quantitative estimate of drug-likeness (QED) is 0.697. The molecule has 0 saturated heterocycles. The molecule has 1 atom stereocenters. The summed E-state index contributed by atoms with van der Waals surface area (Å²) < 4.78 is 4.82. The third-order valence-electron chi connectivity index (χ3n) is 2.78. The topological polar surface area (TPSA) is 52.3 Å². The smallest absolute Gasteiger partial charge is 0.338 e. The number of esters is 1. The molecule has 2 aromatic carbocycles. The molecule has 2 aromatic rings. The molecule has 118 valence electrons. The molecule has 0 amide bonds. The Morgan fingerprint density at radius 3 is 2.32 bits per heavy atom. The summed E-state index contributed by atoms with van der Waals surface area (Å²) >= 11 is 0. The van der Waals surface area contributed by atoms with Gasteiger partial charge < -0.3 is 10.5 Å². The van der Waals surface area contributed by atoms with Gasteiger partial charge in [0.15, 0.2) is 0 Å². The van der Waals surface area contributed by atoms with E-state index in [2.05, 4.69) is 26.0 Å². The third kappa shape index (κ3) is 5.59. The van der Waals surface area contributed by atoms with Gasteiger partial charge in [-0.1, -0.05) is 65.2 Å².